The number of aromatic nitrogens is 4. The van der Waals surface area contributed by atoms with Crippen LogP contribution in [0.5, 0.6) is 0 Å². The SMILES string of the molecule is CC(C)(F)F.CN(C)CCCn1cnc2c(N(NC(=O)c3ccc(CN4CCN(C)CC4)cc3)C3CCCC3)nc(C#N)nc21.O=CO. The van der Waals surface area contributed by atoms with Gasteiger partial charge in [-0.25, -0.2) is 13.8 Å². The van der Waals surface area contributed by atoms with Gasteiger partial charge in [-0.15, -0.1) is 0 Å². The molecule has 2 fully saturated rings. The van der Waals surface area contributed by atoms with Gasteiger partial charge in [0.05, 0.1) is 12.4 Å². The second-order valence-electron chi connectivity index (χ2n) is 12.7. The standard InChI is InChI=1S/C29H40N10O.C3H6F2.CH2O2/c1-35(2)13-6-14-38-21-31-26-27(38)32-25(19-30)33-28(26)39(24-7-4-5-8-24)34-29(40)23-11-9-22(10-12-23)20-37-17-15-36(3)16-18-37;1-3(2,4)5;2-1-3/h9-12,21,24H,4-8,13-18,20H2,1-3H3,(H,34,40);1-2H3;1H,(H,2,3). The third kappa shape index (κ3) is 12.1. The van der Waals surface area contributed by atoms with Crippen LogP contribution in [0.25, 0.3) is 11.2 Å². The molecule has 2 aromatic heterocycles. The van der Waals surface area contributed by atoms with Crippen molar-refractivity contribution in [3.8, 4) is 6.07 Å². The van der Waals surface area contributed by atoms with Crippen molar-refractivity contribution in [1.29, 1.82) is 5.26 Å². The van der Waals surface area contributed by atoms with E-state index in [2.05, 4.69) is 48.2 Å². The minimum atomic E-state index is -2.50. The largest absolute Gasteiger partial charge is 0.483 e. The van der Waals surface area contributed by atoms with Crippen molar-refractivity contribution >= 4 is 29.4 Å². The Hall–Kier alpha value is -4.26. The van der Waals surface area contributed by atoms with Gasteiger partial charge in [-0.1, -0.05) is 25.0 Å². The molecular weight excluding hydrogens is 622 g/mol. The number of carboxylic acid groups (broad SMARTS) is 1. The number of nitrogens with one attached hydrogen (secondary N) is 1. The number of halogens is 2. The number of imidazole rings is 1. The molecule has 13 nitrogen and oxygen atoms in total. The highest BCUT2D eigenvalue weighted by Crippen LogP contribution is 2.30. The lowest BCUT2D eigenvalue weighted by Gasteiger charge is -2.32. The Labute approximate surface area is 281 Å². The van der Waals surface area contributed by atoms with Crippen LogP contribution in [-0.4, -0.2) is 118 Å². The number of carbonyl (C=O) groups is 2. The molecule has 262 valence electrons. The molecule has 1 saturated carbocycles. The van der Waals surface area contributed by atoms with E-state index in [4.69, 9.17) is 9.90 Å². The van der Waals surface area contributed by atoms with E-state index in [1.165, 1.54) is 5.56 Å². The van der Waals surface area contributed by atoms with E-state index in [9.17, 15) is 18.8 Å². The molecule has 1 aliphatic heterocycles. The van der Waals surface area contributed by atoms with Gasteiger partial charge < -0.3 is 19.5 Å². The maximum absolute atomic E-state index is 13.5. The second kappa shape index (κ2) is 18.3. The van der Waals surface area contributed by atoms with E-state index in [0.717, 1.165) is 91.8 Å². The molecule has 5 rings (SSSR count). The predicted molar refractivity (Wildman–Crippen MR) is 180 cm³/mol. The van der Waals surface area contributed by atoms with E-state index in [1.807, 2.05) is 47.9 Å². The first-order chi connectivity index (χ1) is 22.8. The highest BCUT2D eigenvalue weighted by atomic mass is 19.3. The fourth-order valence-corrected chi connectivity index (χ4v) is 5.55. The molecule has 15 heteroatoms. The van der Waals surface area contributed by atoms with Crippen molar-refractivity contribution in [2.24, 2.45) is 0 Å². The topological polar surface area (TPSA) is 147 Å². The lowest BCUT2D eigenvalue weighted by molar-refractivity contribution is -0.122. The van der Waals surface area contributed by atoms with Gasteiger partial charge >= 0.3 is 0 Å². The van der Waals surface area contributed by atoms with Crippen LogP contribution in [0.15, 0.2) is 30.6 Å². The van der Waals surface area contributed by atoms with Crippen LogP contribution < -0.4 is 10.4 Å². The molecule has 1 aliphatic carbocycles. The van der Waals surface area contributed by atoms with Gasteiger partial charge in [-0.3, -0.25) is 24.9 Å². The molecule has 1 amide bonds. The number of likely N-dealkylation sites (N-methyl/N-ethyl adjacent to an activating group) is 1. The van der Waals surface area contributed by atoms with Gasteiger partial charge in [-0.05, 0) is 78.5 Å². The monoisotopic (exact) mass is 670 g/mol. The van der Waals surface area contributed by atoms with Gasteiger partial charge in [0.15, 0.2) is 17.0 Å². The number of fused-ring (bicyclic) bond motifs is 1. The molecule has 0 spiro atoms. The Morgan fingerprint density at radius 2 is 1.73 bits per heavy atom. The van der Waals surface area contributed by atoms with Gasteiger partial charge in [0.25, 0.3) is 12.4 Å². The Balaban J connectivity index is 0.000000705. The molecule has 2 aliphatic rings. The third-order valence-electron chi connectivity index (χ3n) is 7.91. The molecule has 3 aromatic rings. The van der Waals surface area contributed by atoms with E-state index < -0.39 is 5.92 Å². The number of benzene rings is 1. The Morgan fingerprint density at radius 3 is 2.29 bits per heavy atom. The van der Waals surface area contributed by atoms with Crippen molar-refractivity contribution in [3.63, 3.8) is 0 Å². The zero-order valence-corrected chi connectivity index (χ0v) is 28.6. The zero-order valence-electron chi connectivity index (χ0n) is 28.6. The van der Waals surface area contributed by atoms with Crippen LogP contribution in [0.1, 0.15) is 67.7 Å². The molecule has 48 heavy (non-hydrogen) atoms. The molecule has 0 unspecified atom stereocenters. The number of hydrazine groups is 1. The minimum absolute atomic E-state index is 0.0716. The van der Waals surface area contributed by atoms with Gasteiger partial charge in [-0.2, -0.15) is 15.2 Å². The first-order valence-corrected chi connectivity index (χ1v) is 16.2. The molecule has 1 saturated heterocycles. The molecule has 3 heterocycles. The smallest absolute Gasteiger partial charge is 0.290 e. The normalized spacial score (nSPS) is 15.6. The van der Waals surface area contributed by atoms with Crippen molar-refractivity contribution in [1.82, 2.24) is 39.6 Å². The fraction of sp³-hybridized carbons (Fsp3) is 0.576. The van der Waals surface area contributed by atoms with Gasteiger partial charge in [0.1, 0.15) is 6.07 Å². The van der Waals surface area contributed by atoms with Crippen molar-refractivity contribution in [3.05, 3.63) is 47.5 Å². The maximum Gasteiger partial charge on any atom is 0.290 e. The number of hydrogen-bond acceptors (Lipinski definition) is 10. The molecule has 1 aromatic carbocycles. The number of aryl methyl sites for hydroxylation is 1. The summed E-state index contributed by atoms with van der Waals surface area (Å²) in [5, 5.41) is 18.5. The lowest BCUT2D eigenvalue weighted by Crippen LogP contribution is -2.48. The highest BCUT2D eigenvalue weighted by Gasteiger charge is 2.29. The number of alkyl halides is 2. The molecule has 0 radical (unpaired) electrons. The van der Waals surface area contributed by atoms with Crippen LogP contribution >= 0.6 is 0 Å². The summed E-state index contributed by atoms with van der Waals surface area (Å²) in [6.45, 7) is 8.27. The van der Waals surface area contributed by atoms with Crippen LogP contribution in [-0.2, 0) is 17.9 Å². The number of nitrogens with zero attached hydrogens (tertiary/aromatic N) is 9. The van der Waals surface area contributed by atoms with Gasteiger partial charge in [0.2, 0.25) is 11.7 Å². The first kappa shape index (κ1) is 38.2. The summed E-state index contributed by atoms with van der Waals surface area (Å²) in [5.74, 6) is -2.14. The number of anilines is 1. The van der Waals surface area contributed by atoms with Crippen molar-refractivity contribution in [2.45, 2.75) is 71.0 Å². The maximum atomic E-state index is 13.5. The first-order valence-electron chi connectivity index (χ1n) is 16.2. The second-order valence-corrected chi connectivity index (χ2v) is 12.7. The minimum Gasteiger partial charge on any atom is -0.483 e. The molecule has 0 bridgehead atoms. The van der Waals surface area contributed by atoms with Crippen LogP contribution in [0, 0.1) is 11.3 Å². The number of piperazine rings is 1. The summed E-state index contributed by atoms with van der Waals surface area (Å²) in [5.41, 5.74) is 6.13. The summed E-state index contributed by atoms with van der Waals surface area (Å²) >= 11 is 0. The van der Waals surface area contributed by atoms with Crippen molar-refractivity contribution in [2.75, 3.05) is 58.9 Å². The van der Waals surface area contributed by atoms with E-state index in [1.54, 1.807) is 6.33 Å². The number of rotatable bonds is 10. The lowest BCUT2D eigenvalue weighted by atomic mass is 10.1. The average Bonchev–Trinajstić information content (AvgIpc) is 3.71. The Bertz CT molecular complexity index is 1480. The third-order valence-corrected chi connectivity index (χ3v) is 7.91. The number of amides is 1. The van der Waals surface area contributed by atoms with E-state index >= 15 is 0 Å². The summed E-state index contributed by atoms with van der Waals surface area (Å²) in [6.07, 6.45) is 6.70. The molecular formula is C33H48F2N10O3. The van der Waals surface area contributed by atoms with Gasteiger partial charge in [0, 0.05) is 44.8 Å². The predicted octanol–water partition coefficient (Wildman–Crippen LogP) is 3.85. The number of carbonyl (C=O) groups excluding carboxylic acids is 1. The molecule has 2 N–H and O–H groups in total. The summed E-state index contributed by atoms with van der Waals surface area (Å²) in [6, 6.07) is 10.0. The average molecular weight is 671 g/mol. The Kier molecular flexibility index (Phi) is 14.6. The van der Waals surface area contributed by atoms with Crippen LogP contribution in [0.4, 0.5) is 14.6 Å². The summed E-state index contributed by atoms with van der Waals surface area (Å²) in [4.78, 5) is 42.5. The van der Waals surface area contributed by atoms with E-state index in [-0.39, 0.29) is 24.2 Å². The van der Waals surface area contributed by atoms with Crippen molar-refractivity contribution < 1.29 is 23.5 Å². The number of nitriles is 1. The summed E-state index contributed by atoms with van der Waals surface area (Å²) in [7, 11) is 6.25. The quantitative estimate of drug-likeness (QED) is 0.240. The Morgan fingerprint density at radius 1 is 1.12 bits per heavy atom. The van der Waals surface area contributed by atoms with Crippen LogP contribution in [0.2, 0.25) is 0 Å². The zero-order chi connectivity index (χ0) is 35.3. The highest BCUT2D eigenvalue weighted by molar-refractivity contribution is 5.96. The van der Waals surface area contributed by atoms with Crippen LogP contribution in [0.3, 0.4) is 0 Å². The number of hydrogen-bond donors (Lipinski definition) is 2. The fourth-order valence-electron chi connectivity index (χ4n) is 5.55. The van der Waals surface area contributed by atoms with E-state index in [0.29, 0.717) is 22.5 Å². The summed E-state index contributed by atoms with van der Waals surface area (Å²) < 4.78 is 24.0. The molecule has 0 atom stereocenters.